The number of rotatable bonds is 10. The predicted octanol–water partition coefficient (Wildman–Crippen LogP) is 5.99. The molecular formula is C32H40FN3O4. The van der Waals surface area contributed by atoms with Gasteiger partial charge in [-0.25, -0.2) is 4.39 Å². The zero-order chi connectivity index (χ0) is 29.0. The molecule has 0 bridgehead atoms. The lowest BCUT2D eigenvalue weighted by Gasteiger charge is -2.47. The van der Waals surface area contributed by atoms with Gasteiger partial charge >= 0.3 is 5.97 Å². The largest absolute Gasteiger partial charge is 0.481 e. The van der Waals surface area contributed by atoms with Crippen molar-refractivity contribution in [3.8, 4) is 0 Å². The van der Waals surface area contributed by atoms with E-state index in [-0.39, 0.29) is 36.6 Å². The second-order valence-corrected chi connectivity index (χ2v) is 12.0. The lowest BCUT2D eigenvalue weighted by molar-refractivity contribution is -0.137. The van der Waals surface area contributed by atoms with Crippen LogP contribution in [-0.2, 0) is 9.59 Å². The maximum absolute atomic E-state index is 14.3. The Hall–Kier alpha value is -3.55. The molecule has 4 rings (SSSR count). The summed E-state index contributed by atoms with van der Waals surface area (Å²) in [5.41, 5.74) is 1.67. The minimum Gasteiger partial charge on any atom is -0.481 e. The third kappa shape index (κ3) is 6.60. The number of benzene rings is 2. The molecule has 2 amide bonds. The molecule has 2 N–H and O–H groups in total. The van der Waals surface area contributed by atoms with Crippen LogP contribution in [0.3, 0.4) is 0 Å². The first-order valence-corrected chi connectivity index (χ1v) is 14.3. The average molecular weight is 550 g/mol. The van der Waals surface area contributed by atoms with Crippen LogP contribution in [0.4, 0.5) is 4.39 Å². The summed E-state index contributed by atoms with van der Waals surface area (Å²) in [6.07, 6.45) is 4.09. The molecule has 2 unspecified atom stereocenters. The van der Waals surface area contributed by atoms with Gasteiger partial charge in [-0.2, -0.15) is 0 Å². The van der Waals surface area contributed by atoms with Crippen LogP contribution in [0.2, 0.25) is 0 Å². The number of aliphatic imine (C=N–C) groups is 1. The van der Waals surface area contributed by atoms with E-state index >= 15 is 0 Å². The molecule has 1 heterocycles. The third-order valence-electron chi connectivity index (χ3n) is 7.97. The van der Waals surface area contributed by atoms with Crippen LogP contribution < -0.4 is 5.32 Å². The fourth-order valence-electron chi connectivity index (χ4n) is 6.36. The van der Waals surface area contributed by atoms with Gasteiger partial charge in [0.1, 0.15) is 17.2 Å². The number of halogens is 1. The molecule has 214 valence electrons. The number of nitrogens with one attached hydrogen (secondary N) is 1. The Balaban J connectivity index is 1.71. The highest BCUT2D eigenvalue weighted by molar-refractivity contribution is 6.46. The summed E-state index contributed by atoms with van der Waals surface area (Å²) >= 11 is 0. The van der Waals surface area contributed by atoms with Gasteiger partial charge in [-0.15, -0.1) is 0 Å². The predicted molar refractivity (Wildman–Crippen MR) is 153 cm³/mol. The van der Waals surface area contributed by atoms with Crippen LogP contribution in [0.25, 0.3) is 0 Å². The zero-order valence-corrected chi connectivity index (χ0v) is 23.8. The van der Waals surface area contributed by atoms with E-state index in [2.05, 4.69) is 33.0 Å². The lowest BCUT2D eigenvalue weighted by Crippen LogP contribution is -2.52. The van der Waals surface area contributed by atoms with Gasteiger partial charge in [0.05, 0.1) is 12.5 Å². The summed E-state index contributed by atoms with van der Waals surface area (Å²) in [5.74, 6) is -0.605. The van der Waals surface area contributed by atoms with Gasteiger partial charge in [0, 0.05) is 17.7 Å². The van der Waals surface area contributed by atoms with Crippen LogP contribution in [0.1, 0.15) is 93.7 Å². The number of carboxylic acids is 1. The summed E-state index contributed by atoms with van der Waals surface area (Å²) in [7, 11) is 0. The van der Waals surface area contributed by atoms with E-state index in [1.807, 2.05) is 17.0 Å². The second kappa shape index (κ2) is 12.3. The highest BCUT2D eigenvalue weighted by atomic mass is 19.1. The van der Waals surface area contributed by atoms with Crippen molar-refractivity contribution in [3.05, 3.63) is 71.0 Å². The average Bonchev–Trinajstić information content (AvgIpc) is 3.14. The number of nitrogens with zero attached hydrogens (tertiary/aromatic N) is 2. The highest BCUT2D eigenvalue weighted by Gasteiger charge is 2.53. The van der Waals surface area contributed by atoms with E-state index in [1.165, 1.54) is 12.1 Å². The second-order valence-electron chi connectivity index (χ2n) is 12.0. The fraction of sp³-hybridized carbons (Fsp3) is 0.500. The first-order chi connectivity index (χ1) is 19.0. The molecule has 3 atom stereocenters. The lowest BCUT2D eigenvalue weighted by atomic mass is 9.75. The standard InChI is InChI=1S/C32H40FN3O4/c1-20(2)5-14-27(23-6-8-25(9-7-23)30(39)34-16-15-28(37)38)36-31(40)29(24-10-12-26(33)13-11-24)35-32(36)18-21(3)17-22(4)19-32/h6-13,20-22,27H,5,14-19H2,1-4H3,(H,34,39)(H,37,38)/t21?,22?,27-,32?/m1/s1. The number of aliphatic carboxylic acids is 1. The molecule has 40 heavy (non-hydrogen) atoms. The number of hydrogen-bond donors (Lipinski definition) is 2. The van der Waals surface area contributed by atoms with Gasteiger partial charge in [0.15, 0.2) is 0 Å². The SMILES string of the molecule is CC(C)CC[C@H](c1ccc(C(=O)NCCC(=O)O)cc1)N1C(=O)C(c2ccc(F)cc2)=NC12CC(C)CC(C)C2. The Kier molecular flexibility index (Phi) is 9.06. The number of hydrogen-bond acceptors (Lipinski definition) is 4. The maximum Gasteiger partial charge on any atom is 0.305 e. The quantitative estimate of drug-likeness (QED) is 0.380. The summed E-state index contributed by atoms with van der Waals surface area (Å²) in [6, 6.07) is 13.0. The molecule has 7 nitrogen and oxygen atoms in total. The number of carboxylic acid groups (broad SMARTS) is 1. The van der Waals surface area contributed by atoms with Crippen molar-refractivity contribution in [2.75, 3.05) is 6.54 Å². The van der Waals surface area contributed by atoms with Crippen LogP contribution in [0.5, 0.6) is 0 Å². The maximum atomic E-state index is 14.3. The van der Waals surface area contributed by atoms with Gasteiger partial charge in [0.2, 0.25) is 0 Å². The molecule has 1 spiro atoms. The number of carbonyl (C=O) groups is 3. The Morgan fingerprint density at radius 3 is 2.25 bits per heavy atom. The van der Waals surface area contributed by atoms with E-state index in [9.17, 15) is 18.8 Å². The minimum absolute atomic E-state index is 0.0532. The molecule has 0 saturated heterocycles. The van der Waals surface area contributed by atoms with Crippen LogP contribution in [0, 0.1) is 23.6 Å². The van der Waals surface area contributed by atoms with E-state index in [4.69, 9.17) is 10.1 Å². The molecular weight excluding hydrogens is 509 g/mol. The monoisotopic (exact) mass is 549 g/mol. The van der Waals surface area contributed by atoms with Crippen molar-refractivity contribution in [3.63, 3.8) is 0 Å². The van der Waals surface area contributed by atoms with E-state index in [1.54, 1.807) is 24.3 Å². The Morgan fingerprint density at radius 2 is 1.68 bits per heavy atom. The zero-order valence-electron chi connectivity index (χ0n) is 23.8. The van der Waals surface area contributed by atoms with Gasteiger partial charge in [-0.3, -0.25) is 19.4 Å². The fourth-order valence-corrected chi connectivity index (χ4v) is 6.36. The van der Waals surface area contributed by atoms with Crippen LogP contribution in [-0.4, -0.2) is 45.7 Å². The molecule has 8 heteroatoms. The van der Waals surface area contributed by atoms with Gasteiger partial charge < -0.3 is 15.3 Å². The molecule has 2 aliphatic rings. The summed E-state index contributed by atoms with van der Waals surface area (Å²) < 4.78 is 13.7. The first kappa shape index (κ1) is 29.4. The van der Waals surface area contributed by atoms with Crippen molar-refractivity contribution in [1.29, 1.82) is 0 Å². The minimum atomic E-state index is -0.971. The molecule has 1 aliphatic heterocycles. The smallest absolute Gasteiger partial charge is 0.305 e. The van der Waals surface area contributed by atoms with Crippen molar-refractivity contribution in [2.45, 2.75) is 77.9 Å². The van der Waals surface area contributed by atoms with Gasteiger partial charge in [0.25, 0.3) is 11.8 Å². The van der Waals surface area contributed by atoms with Crippen molar-refractivity contribution in [1.82, 2.24) is 10.2 Å². The van der Waals surface area contributed by atoms with Crippen LogP contribution in [0.15, 0.2) is 53.5 Å². The molecule has 1 saturated carbocycles. The van der Waals surface area contributed by atoms with Crippen molar-refractivity contribution in [2.24, 2.45) is 22.7 Å². The number of amides is 2. The Labute approximate surface area is 235 Å². The Bertz CT molecular complexity index is 1250. The van der Waals surface area contributed by atoms with Crippen LogP contribution >= 0.6 is 0 Å². The molecule has 1 aliphatic carbocycles. The number of carbonyl (C=O) groups excluding carboxylic acids is 2. The summed E-state index contributed by atoms with van der Waals surface area (Å²) in [6.45, 7) is 8.80. The Morgan fingerprint density at radius 1 is 1.05 bits per heavy atom. The molecule has 0 aromatic heterocycles. The topological polar surface area (TPSA) is 99.1 Å². The van der Waals surface area contributed by atoms with E-state index in [0.29, 0.717) is 34.6 Å². The first-order valence-electron chi connectivity index (χ1n) is 14.3. The van der Waals surface area contributed by atoms with Crippen molar-refractivity contribution < 1.29 is 23.9 Å². The highest BCUT2D eigenvalue weighted by Crippen LogP contribution is 2.48. The van der Waals surface area contributed by atoms with Gasteiger partial charge in [-0.1, -0.05) is 39.8 Å². The van der Waals surface area contributed by atoms with Gasteiger partial charge in [-0.05, 0) is 91.8 Å². The normalized spacial score (nSPS) is 23.4. The molecule has 2 aromatic rings. The summed E-state index contributed by atoms with van der Waals surface area (Å²) in [5, 5.41) is 11.5. The molecule has 2 aromatic carbocycles. The summed E-state index contributed by atoms with van der Waals surface area (Å²) in [4.78, 5) is 44.8. The third-order valence-corrected chi connectivity index (χ3v) is 7.97. The van der Waals surface area contributed by atoms with Crippen molar-refractivity contribution >= 4 is 23.5 Å². The molecule has 1 fully saturated rings. The molecule has 0 radical (unpaired) electrons. The van der Waals surface area contributed by atoms with E-state index in [0.717, 1.165) is 37.7 Å². The van der Waals surface area contributed by atoms with E-state index < -0.39 is 11.6 Å².